The largest absolute Gasteiger partial charge is 0.356 e. The molecule has 0 aromatic heterocycles. The van der Waals surface area contributed by atoms with Crippen molar-refractivity contribution in [1.82, 2.24) is 20.3 Å². The maximum absolute atomic E-state index is 11.4. The Bertz CT molecular complexity index is 652. The van der Waals surface area contributed by atoms with E-state index in [4.69, 9.17) is 0 Å². The minimum Gasteiger partial charge on any atom is -0.356 e. The van der Waals surface area contributed by atoms with Crippen LogP contribution in [0.2, 0.25) is 0 Å². The molecule has 1 aromatic rings. The topological polar surface area (TPSA) is 85.8 Å². The van der Waals surface area contributed by atoms with E-state index in [1.54, 1.807) is 14.0 Å². The van der Waals surface area contributed by atoms with Crippen molar-refractivity contribution in [3.05, 3.63) is 35.9 Å². The zero-order chi connectivity index (χ0) is 20.1. The summed E-state index contributed by atoms with van der Waals surface area (Å²) in [5, 5.41) is 6.64. The first-order valence-electron chi connectivity index (χ1n) is 9.68. The highest BCUT2D eigenvalue weighted by Crippen LogP contribution is 2.19. The fraction of sp³-hybridized carbons (Fsp3) is 0.632. The van der Waals surface area contributed by atoms with E-state index >= 15 is 0 Å². The Balaban J connectivity index is 0.00000729. The fourth-order valence-corrected chi connectivity index (χ4v) is 3.50. The second kappa shape index (κ2) is 15.0. The lowest BCUT2D eigenvalue weighted by atomic mass is 10.1. The summed E-state index contributed by atoms with van der Waals surface area (Å²) in [6, 6.07) is 10.7. The number of nitrogens with zero attached hydrogens (tertiary/aromatic N) is 2. The first-order chi connectivity index (χ1) is 13.0. The first-order valence-corrected chi connectivity index (χ1v) is 11.3. The van der Waals surface area contributed by atoms with Crippen molar-refractivity contribution in [3.8, 4) is 0 Å². The van der Waals surface area contributed by atoms with Crippen LogP contribution in [0.4, 0.5) is 0 Å². The van der Waals surface area contributed by atoms with Gasteiger partial charge in [0.05, 0.1) is 11.8 Å². The Morgan fingerprint density at radius 3 is 2.25 bits per heavy atom. The van der Waals surface area contributed by atoms with Gasteiger partial charge in [-0.15, -0.1) is 24.0 Å². The van der Waals surface area contributed by atoms with E-state index in [1.165, 1.54) is 5.56 Å². The van der Waals surface area contributed by atoms with Gasteiger partial charge in [-0.1, -0.05) is 44.2 Å². The molecule has 0 radical (unpaired) electrons. The Kier molecular flexibility index (Phi) is 14.5. The van der Waals surface area contributed by atoms with Gasteiger partial charge in [0.15, 0.2) is 5.96 Å². The summed E-state index contributed by atoms with van der Waals surface area (Å²) in [5.41, 5.74) is 1.28. The van der Waals surface area contributed by atoms with E-state index in [0.29, 0.717) is 19.5 Å². The molecule has 0 saturated heterocycles. The van der Waals surface area contributed by atoms with Gasteiger partial charge in [0.1, 0.15) is 0 Å². The lowest BCUT2D eigenvalue weighted by Gasteiger charge is -2.30. The molecule has 1 rings (SSSR count). The summed E-state index contributed by atoms with van der Waals surface area (Å²) in [5.74, 6) is 0.831. The molecular formula is C19H36IN5O2S. The molecule has 28 heavy (non-hydrogen) atoms. The molecule has 7 nitrogen and oxygen atoms in total. The van der Waals surface area contributed by atoms with Crippen molar-refractivity contribution in [1.29, 1.82) is 0 Å². The van der Waals surface area contributed by atoms with Gasteiger partial charge in [-0.2, -0.15) is 0 Å². The summed E-state index contributed by atoms with van der Waals surface area (Å²) in [6.45, 7) is 9.73. The van der Waals surface area contributed by atoms with Crippen molar-refractivity contribution in [3.63, 3.8) is 0 Å². The van der Waals surface area contributed by atoms with Crippen LogP contribution >= 0.6 is 24.0 Å². The molecule has 1 aromatic carbocycles. The zero-order valence-electron chi connectivity index (χ0n) is 17.4. The molecule has 1 atom stereocenters. The molecule has 0 aliphatic rings. The van der Waals surface area contributed by atoms with E-state index in [0.717, 1.165) is 25.6 Å². The number of sulfonamides is 1. The first kappa shape index (κ1) is 27.1. The minimum absolute atomic E-state index is 0. The SMILES string of the molecule is CCN(CC)C(CNC(=NC)NCCCNS(=O)(=O)CC)c1ccccc1.I. The average Bonchev–Trinajstić information content (AvgIpc) is 2.69. The second-order valence-corrected chi connectivity index (χ2v) is 8.27. The number of hydrogen-bond donors (Lipinski definition) is 3. The lowest BCUT2D eigenvalue weighted by Crippen LogP contribution is -2.43. The van der Waals surface area contributed by atoms with Gasteiger partial charge >= 0.3 is 0 Å². The second-order valence-electron chi connectivity index (χ2n) is 6.18. The molecule has 0 fully saturated rings. The summed E-state index contributed by atoms with van der Waals surface area (Å²) < 4.78 is 25.4. The summed E-state index contributed by atoms with van der Waals surface area (Å²) in [6.07, 6.45) is 0.693. The van der Waals surface area contributed by atoms with E-state index in [2.05, 4.69) is 63.4 Å². The van der Waals surface area contributed by atoms with Gasteiger partial charge in [-0.05, 0) is 32.0 Å². The number of likely N-dealkylation sites (N-methyl/N-ethyl adjacent to an activating group) is 1. The predicted molar refractivity (Wildman–Crippen MR) is 129 cm³/mol. The molecule has 0 saturated carbocycles. The smallest absolute Gasteiger partial charge is 0.211 e. The maximum atomic E-state index is 11.4. The molecule has 0 aliphatic carbocycles. The molecule has 0 spiro atoms. The summed E-state index contributed by atoms with van der Waals surface area (Å²) in [7, 11) is -1.38. The van der Waals surface area contributed by atoms with Crippen LogP contribution in [-0.4, -0.2) is 64.8 Å². The monoisotopic (exact) mass is 525 g/mol. The van der Waals surface area contributed by atoms with Gasteiger partial charge in [0.2, 0.25) is 10.0 Å². The molecule has 0 amide bonds. The molecule has 0 bridgehead atoms. The van der Waals surface area contributed by atoms with Gasteiger partial charge in [0, 0.05) is 26.7 Å². The van der Waals surface area contributed by atoms with Crippen LogP contribution in [0.15, 0.2) is 35.3 Å². The standard InChI is InChI=1S/C19H35N5O2S.HI/c1-5-24(6-2)18(17-12-9-8-10-13-17)16-22-19(20-4)21-14-11-15-23-27(25,26)7-3;/h8-10,12-13,18,23H,5-7,11,14-16H2,1-4H3,(H2,20,21,22);1H. The molecule has 1 unspecified atom stereocenters. The van der Waals surface area contributed by atoms with Crippen molar-refractivity contribution in [2.24, 2.45) is 4.99 Å². The Morgan fingerprint density at radius 2 is 1.71 bits per heavy atom. The van der Waals surface area contributed by atoms with Crippen molar-refractivity contribution >= 4 is 40.0 Å². The van der Waals surface area contributed by atoms with Crippen molar-refractivity contribution < 1.29 is 8.42 Å². The average molecular weight is 526 g/mol. The Labute approximate surface area is 187 Å². The van der Waals surface area contributed by atoms with Crippen molar-refractivity contribution in [2.75, 3.05) is 45.5 Å². The number of aliphatic imine (C=N–C) groups is 1. The number of benzene rings is 1. The third-order valence-corrected chi connectivity index (χ3v) is 5.88. The fourth-order valence-electron chi connectivity index (χ4n) is 2.84. The van der Waals surface area contributed by atoms with Crippen LogP contribution in [0.5, 0.6) is 0 Å². The molecule has 162 valence electrons. The van der Waals surface area contributed by atoms with Gasteiger partial charge in [0.25, 0.3) is 0 Å². The number of guanidine groups is 1. The highest BCUT2D eigenvalue weighted by molar-refractivity contribution is 14.0. The number of rotatable bonds is 12. The Hall–Kier alpha value is -0.910. The summed E-state index contributed by atoms with van der Waals surface area (Å²) >= 11 is 0. The highest BCUT2D eigenvalue weighted by Gasteiger charge is 2.18. The van der Waals surface area contributed by atoms with E-state index in [9.17, 15) is 8.42 Å². The van der Waals surface area contributed by atoms with Crippen LogP contribution in [0.3, 0.4) is 0 Å². The minimum atomic E-state index is -3.12. The van der Waals surface area contributed by atoms with Crippen LogP contribution in [0.25, 0.3) is 0 Å². The van der Waals surface area contributed by atoms with Gasteiger partial charge in [-0.25, -0.2) is 13.1 Å². The number of hydrogen-bond acceptors (Lipinski definition) is 4. The summed E-state index contributed by atoms with van der Waals surface area (Å²) in [4.78, 5) is 6.68. The normalized spacial score (nSPS) is 13.1. The lowest BCUT2D eigenvalue weighted by molar-refractivity contribution is 0.219. The van der Waals surface area contributed by atoms with E-state index in [-0.39, 0.29) is 35.8 Å². The van der Waals surface area contributed by atoms with Gasteiger partial charge < -0.3 is 10.6 Å². The van der Waals surface area contributed by atoms with Crippen LogP contribution < -0.4 is 15.4 Å². The number of halogens is 1. The molecule has 9 heteroatoms. The van der Waals surface area contributed by atoms with Crippen LogP contribution in [0.1, 0.15) is 38.8 Å². The van der Waals surface area contributed by atoms with E-state index in [1.807, 2.05) is 6.07 Å². The Morgan fingerprint density at radius 1 is 1.07 bits per heavy atom. The quantitative estimate of drug-likeness (QED) is 0.169. The molecule has 0 heterocycles. The third kappa shape index (κ3) is 10.0. The van der Waals surface area contributed by atoms with Crippen LogP contribution in [-0.2, 0) is 10.0 Å². The van der Waals surface area contributed by atoms with Gasteiger partial charge in [-0.3, -0.25) is 9.89 Å². The van der Waals surface area contributed by atoms with Crippen molar-refractivity contribution in [2.45, 2.75) is 33.2 Å². The van der Waals surface area contributed by atoms with E-state index < -0.39 is 10.0 Å². The van der Waals surface area contributed by atoms with Crippen LogP contribution in [0, 0.1) is 0 Å². The molecule has 0 aliphatic heterocycles. The third-order valence-electron chi connectivity index (χ3n) is 4.47. The maximum Gasteiger partial charge on any atom is 0.211 e. The molecule has 3 N–H and O–H groups in total. The zero-order valence-corrected chi connectivity index (χ0v) is 20.6. The molecular weight excluding hydrogens is 489 g/mol. The predicted octanol–water partition coefficient (Wildman–Crippen LogP) is 2.18. The highest BCUT2D eigenvalue weighted by atomic mass is 127. The number of nitrogens with one attached hydrogen (secondary N) is 3.